The summed E-state index contributed by atoms with van der Waals surface area (Å²) >= 11 is 0. The normalized spacial score (nSPS) is 33.3. The molecule has 1 saturated heterocycles. The zero-order chi connectivity index (χ0) is 12.3. The summed E-state index contributed by atoms with van der Waals surface area (Å²) in [6.07, 6.45) is 5.40. The van der Waals surface area contributed by atoms with E-state index < -0.39 is 11.9 Å². The Bertz CT molecular complexity index is 300. The molecule has 0 aromatic heterocycles. The van der Waals surface area contributed by atoms with Gasteiger partial charge in [-0.25, -0.2) is 0 Å². The van der Waals surface area contributed by atoms with Gasteiger partial charge in [-0.2, -0.15) is 0 Å². The van der Waals surface area contributed by atoms with Crippen LogP contribution < -0.4 is 10.6 Å². The second-order valence-corrected chi connectivity index (χ2v) is 4.99. The first kappa shape index (κ1) is 12.4. The number of amides is 1. The van der Waals surface area contributed by atoms with Gasteiger partial charge in [0, 0.05) is 6.04 Å². The summed E-state index contributed by atoms with van der Waals surface area (Å²) in [5, 5.41) is 15.1. The molecule has 5 nitrogen and oxygen atoms in total. The molecule has 17 heavy (non-hydrogen) atoms. The molecule has 0 spiro atoms. The van der Waals surface area contributed by atoms with Crippen LogP contribution in [0, 0.1) is 5.92 Å². The number of nitrogens with one attached hydrogen (secondary N) is 2. The van der Waals surface area contributed by atoms with E-state index in [1.54, 1.807) is 0 Å². The van der Waals surface area contributed by atoms with E-state index in [1.165, 1.54) is 0 Å². The summed E-state index contributed by atoms with van der Waals surface area (Å²) in [5.74, 6) is -1.21. The summed E-state index contributed by atoms with van der Waals surface area (Å²) in [6, 6.07) is -0.303. The number of carbonyl (C=O) groups is 2. The Morgan fingerprint density at radius 3 is 2.59 bits per heavy atom. The van der Waals surface area contributed by atoms with Crippen LogP contribution in [0.25, 0.3) is 0 Å². The lowest BCUT2D eigenvalue weighted by Gasteiger charge is -2.25. The first-order valence-electron chi connectivity index (χ1n) is 6.45. The third-order valence-electron chi connectivity index (χ3n) is 3.79. The van der Waals surface area contributed by atoms with Gasteiger partial charge in [-0.15, -0.1) is 0 Å². The van der Waals surface area contributed by atoms with Gasteiger partial charge in [0.05, 0.1) is 12.0 Å². The summed E-state index contributed by atoms with van der Waals surface area (Å²) in [7, 11) is 0. The Labute approximate surface area is 101 Å². The third-order valence-corrected chi connectivity index (χ3v) is 3.79. The smallest absolute Gasteiger partial charge is 0.308 e. The van der Waals surface area contributed by atoms with E-state index in [4.69, 9.17) is 5.11 Å². The molecule has 1 amide bonds. The second-order valence-electron chi connectivity index (χ2n) is 4.99. The summed E-state index contributed by atoms with van der Waals surface area (Å²) < 4.78 is 0. The molecule has 2 rings (SSSR count). The van der Waals surface area contributed by atoms with Crippen LogP contribution in [-0.2, 0) is 9.59 Å². The van der Waals surface area contributed by atoms with Crippen LogP contribution in [-0.4, -0.2) is 35.6 Å². The van der Waals surface area contributed by atoms with Gasteiger partial charge in [-0.1, -0.05) is 12.8 Å². The van der Waals surface area contributed by atoms with Crippen LogP contribution in [0.15, 0.2) is 0 Å². The van der Waals surface area contributed by atoms with Crippen LogP contribution in [0.2, 0.25) is 0 Å². The Balaban J connectivity index is 1.86. The van der Waals surface area contributed by atoms with Crippen molar-refractivity contribution < 1.29 is 14.7 Å². The molecule has 2 fully saturated rings. The Kier molecular flexibility index (Phi) is 3.99. The molecule has 3 unspecified atom stereocenters. The minimum absolute atomic E-state index is 0.0251. The zero-order valence-corrected chi connectivity index (χ0v) is 9.95. The molecule has 96 valence electrons. The lowest BCUT2D eigenvalue weighted by Crippen LogP contribution is -2.51. The molecule has 1 aliphatic carbocycles. The van der Waals surface area contributed by atoms with Gasteiger partial charge in [-0.3, -0.25) is 9.59 Å². The van der Waals surface area contributed by atoms with Crippen LogP contribution in [0.5, 0.6) is 0 Å². The van der Waals surface area contributed by atoms with Gasteiger partial charge in [0.1, 0.15) is 0 Å². The van der Waals surface area contributed by atoms with Crippen molar-refractivity contribution in [2.75, 3.05) is 6.54 Å². The highest BCUT2D eigenvalue weighted by atomic mass is 16.4. The third kappa shape index (κ3) is 2.97. The van der Waals surface area contributed by atoms with Crippen LogP contribution in [0.1, 0.15) is 38.5 Å². The van der Waals surface area contributed by atoms with Crippen LogP contribution >= 0.6 is 0 Å². The minimum atomic E-state index is -0.788. The quantitative estimate of drug-likeness (QED) is 0.671. The van der Waals surface area contributed by atoms with E-state index >= 15 is 0 Å². The molecule has 5 heteroatoms. The molecule has 1 aliphatic heterocycles. The highest BCUT2D eigenvalue weighted by Gasteiger charge is 2.35. The van der Waals surface area contributed by atoms with E-state index in [9.17, 15) is 9.59 Å². The average molecular weight is 240 g/mol. The van der Waals surface area contributed by atoms with Gasteiger partial charge in [0.25, 0.3) is 0 Å². The first-order valence-corrected chi connectivity index (χ1v) is 6.45. The Morgan fingerprint density at radius 2 is 1.94 bits per heavy atom. The maximum absolute atomic E-state index is 12.0. The maximum Gasteiger partial charge on any atom is 0.308 e. The fourth-order valence-corrected chi connectivity index (χ4v) is 2.79. The van der Waals surface area contributed by atoms with Crippen molar-refractivity contribution in [1.29, 1.82) is 0 Å². The van der Waals surface area contributed by atoms with Crippen molar-refractivity contribution >= 4 is 11.9 Å². The highest BCUT2D eigenvalue weighted by Crippen LogP contribution is 2.26. The summed E-state index contributed by atoms with van der Waals surface area (Å²) in [6.45, 7) is 0.880. The summed E-state index contributed by atoms with van der Waals surface area (Å²) in [5.41, 5.74) is 0. The molecule has 0 radical (unpaired) electrons. The van der Waals surface area contributed by atoms with Gasteiger partial charge in [0.2, 0.25) is 5.91 Å². The molecule has 2 aliphatic rings. The molecular formula is C12H20N2O3. The van der Waals surface area contributed by atoms with E-state index in [-0.39, 0.29) is 18.0 Å². The number of aliphatic carboxylic acids is 1. The molecule has 0 aromatic carbocycles. The van der Waals surface area contributed by atoms with Crippen molar-refractivity contribution in [2.24, 2.45) is 5.92 Å². The SMILES string of the molecule is O=C(NC1CCCC1C(=O)O)C1CCCCN1. The fourth-order valence-electron chi connectivity index (χ4n) is 2.79. The molecular weight excluding hydrogens is 220 g/mol. The number of carboxylic acids is 1. The number of piperidine rings is 1. The van der Waals surface area contributed by atoms with Gasteiger partial charge in [-0.05, 0) is 32.2 Å². The highest BCUT2D eigenvalue weighted by molar-refractivity contribution is 5.83. The van der Waals surface area contributed by atoms with Crippen molar-refractivity contribution in [3.63, 3.8) is 0 Å². The minimum Gasteiger partial charge on any atom is -0.481 e. The fraction of sp³-hybridized carbons (Fsp3) is 0.833. The zero-order valence-electron chi connectivity index (χ0n) is 9.95. The van der Waals surface area contributed by atoms with Gasteiger partial charge in [0.15, 0.2) is 0 Å². The monoisotopic (exact) mass is 240 g/mol. The van der Waals surface area contributed by atoms with E-state index in [0.29, 0.717) is 6.42 Å². The van der Waals surface area contributed by atoms with E-state index in [1.807, 2.05) is 0 Å². The predicted octanol–water partition coefficient (Wildman–Crippen LogP) is 0.498. The van der Waals surface area contributed by atoms with Crippen molar-refractivity contribution in [1.82, 2.24) is 10.6 Å². The molecule has 3 atom stereocenters. The van der Waals surface area contributed by atoms with Crippen LogP contribution in [0.4, 0.5) is 0 Å². The topological polar surface area (TPSA) is 78.4 Å². The van der Waals surface area contributed by atoms with E-state index in [0.717, 1.165) is 38.6 Å². The number of hydrogen-bond donors (Lipinski definition) is 3. The van der Waals surface area contributed by atoms with Crippen LogP contribution in [0.3, 0.4) is 0 Å². The molecule has 0 bridgehead atoms. The lowest BCUT2D eigenvalue weighted by atomic mass is 10.0. The molecule has 1 saturated carbocycles. The number of carbonyl (C=O) groups excluding carboxylic acids is 1. The number of carboxylic acid groups (broad SMARTS) is 1. The van der Waals surface area contributed by atoms with E-state index in [2.05, 4.69) is 10.6 Å². The van der Waals surface area contributed by atoms with Crippen molar-refractivity contribution in [3.05, 3.63) is 0 Å². The van der Waals surface area contributed by atoms with Crippen molar-refractivity contribution in [2.45, 2.75) is 50.6 Å². The average Bonchev–Trinajstić information content (AvgIpc) is 2.78. The molecule has 0 aromatic rings. The first-order chi connectivity index (χ1) is 8.18. The Morgan fingerprint density at radius 1 is 1.12 bits per heavy atom. The van der Waals surface area contributed by atoms with Gasteiger partial charge >= 0.3 is 5.97 Å². The van der Waals surface area contributed by atoms with Gasteiger partial charge < -0.3 is 15.7 Å². The van der Waals surface area contributed by atoms with Crippen molar-refractivity contribution in [3.8, 4) is 0 Å². The second kappa shape index (κ2) is 5.49. The lowest BCUT2D eigenvalue weighted by molar-refractivity contribution is -0.142. The number of rotatable bonds is 3. The standard InChI is InChI=1S/C12H20N2O3/c15-11(10-5-1-2-7-13-10)14-9-6-3-4-8(9)12(16)17/h8-10,13H,1-7H2,(H,14,15)(H,16,17). The summed E-state index contributed by atoms with van der Waals surface area (Å²) in [4.78, 5) is 23.0. The largest absolute Gasteiger partial charge is 0.481 e. The number of hydrogen-bond acceptors (Lipinski definition) is 3. The molecule has 3 N–H and O–H groups in total. The maximum atomic E-state index is 12.0. The predicted molar refractivity (Wildman–Crippen MR) is 62.5 cm³/mol. The molecule has 1 heterocycles. The Hall–Kier alpha value is -1.10.